The van der Waals surface area contributed by atoms with Crippen molar-refractivity contribution in [2.24, 2.45) is 0 Å². The van der Waals surface area contributed by atoms with Crippen LogP contribution in [0.5, 0.6) is 0 Å². The fourth-order valence-electron chi connectivity index (χ4n) is 2.68. The average molecular weight is 262 g/mol. The molecule has 19 heavy (non-hydrogen) atoms. The third kappa shape index (κ3) is 4.03. The minimum absolute atomic E-state index is 0.282. The summed E-state index contributed by atoms with van der Waals surface area (Å²) in [5.41, 5.74) is 2.79. The molecule has 1 N–H and O–H groups in total. The molecule has 0 aliphatic carbocycles. The Hall–Kier alpha value is -0.900. The largest absolute Gasteiger partial charge is 0.381 e. The van der Waals surface area contributed by atoms with Crippen LogP contribution in [-0.4, -0.2) is 44.3 Å². The minimum Gasteiger partial charge on any atom is -0.381 e. The Morgan fingerprint density at radius 1 is 1.26 bits per heavy atom. The Balaban J connectivity index is 2.04. The van der Waals surface area contributed by atoms with E-state index in [4.69, 9.17) is 4.74 Å². The molecule has 1 fully saturated rings. The van der Waals surface area contributed by atoms with Gasteiger partial charge < -0.3 is 10.1 Å². The van der Waals surface area contributed by atoms with Gasteiger partial charge in [0.2, 0.25) is 0 Å². The summed E-state index contributed by atoms with van der Waals surface area (Å²) in [4.78, 5) is 2.55. The van der Waals surface area contributed by atoms with Gasteiger partial charge in [-0.25, -0.2) is 0 Å². The third-order valence-electron chi connectivity index (χ3n) is 4.06. The van der Waals surface area contributed by atoms with Crippen molar-refractivity contribution < 1.29 is 4.74 Å². The molecule has 1 aliphatic rings. The van der Waals surface area contributed by atoms with Gasteiger partial charge >= 0.3 is 0 Å². The lowest BCUT2D eigenvalue weighted by molar-refractivity contribution is 0.118. The van der Waals surface area contributed by atoms with Crippen LogP contribution in [0, 0.1) is 0 Å². The van der Waals surface area contributed by atoms with Crippen LogP contribution in [0.25, 0.3) is 0 Å². The van der Waals surface area contributed by atoms with E-state index in [-0.39, 0.29) is 6.10 Å². The third-order valence-corrected chi connectivity index (χ3v) is 4.06. The normalized spacial score (nSPS) is 20.2. The summed E-state index contributed by atoms with van der Waals surface area (Å²) in [6.07, 6.45) is 1.27. The molecule has 1 saturated heterocycles. The standard InChI is InChI=1S/C16H26N2O/c1-13(19-3)11-15-5-4-6-16(12-15)14(2)18-9-7-17-8-10-18/h4-6,12-14,17H,7-11H2,1-3H3. The molecule has 2 unspecified atom stereocenters. The monoisotopic (exact) mass is 262 g/mol. The molecule has 0 spiro atoms. The van der Waals surface area contributed by atoms with Crippen molar-refractivity contribution in [3.8, 4) is 0 Å². The first-order chi connectivity index (χ1) is 9.20. The zero-order chi connectivity index (χ0) is 13.7. The number of hydrogen-bond acceptors (Lipinski definition) is 3. The number of benzene rings is 1. The topological polar surface area (TPSA) is 24.5 Å². The van der Waals surface area contributed by atoms with Gasteiger partial charge in [-0.3, -0.25) is 4.90 Å². The Labute approximate surface area is 116 Å². The van der Waals surface area contributed by atoms with Gasteiger partial charge in [-0.1, -0.05) is 24.3 Å². The van der Waals surface area contributed by atoms with E-state index in [1.165, 1.54) is 11.1 Å². The van der Waals surface area contributed by atoms with E-state index in [9.17, 15) is 0 Å². The lowest BCUT2D eigenvalue weighted by Gasteiger charge is -2.33. The van der Waals surface area contributed by atoms with Crippen molar-refractivity contribution in [3.63, 3.8) is 0 Å². The molecular formula is C16H26N2O. The zero-order valence-electron chi connectivity index (χ0n) is 12.4. The van der Waals surface area contributed by atoms with Crippen molar-refractivity contribution in [3.05, 3.63) is 35.4 Å². The van der Waals surface area contributed by atoms with Crippen LogP contribution in [0.15, 0.2) is 24.3 Å². The highest BCUT2D eigenvalue weighted by atomic mass is 16.5. The number of nitrogens with zero attached hydrogens (tertiary/aromatic N) is 1. The Morgan fingerprint density at radius 3 is 2.68 bits per heavy atom. The van der Waals surface area contributed by atoms with Crippen LogP contribution >= 0.6 is 0 Å². The maximum absolute atomic E-state index is 5.35. The molecule has 106 valence electrons. The van der Waals surface area contributed by atoms with E-state index in [0.717, 1.165) is 32.6 Å². The molecular weight excluding hydrogens is 236 g/mol. The summed E-state index contributed by atoms with van der Waals surface area (Å²) < 4.78 is 5.35. The number of methoxy groups -OCH3 is 1. The Kier molecular flexibility index (Phi) is 5.37. The van der Waals surface area contributed by atoms with E-state index < -0.39 is 0 Å². The van der Waals surface area contributed by atoms with Gasteiger partial charge in [0.05, 0.1) is 6.10 Å². The summed E-state index contributed by atoms with van der Waals surface area (Å²) in [6.45, 7) is 8.91. The van der Waals surface area contributed by atoms with Crippen LogP contribution in [0.2, 0.25) is 0 Å². The SMILES string of the molecule is COC(C)Cc1cccc(C(C)N2CCNCC2)c1. The van der Waals surface area contributed by atoms with Crippen molar-refractivity contribution >= 4 is 0 Å². The lowest BCUT2D eigenvalue weighted by Crippen LogP contribution is -2.44. The highest BCUT2D eigenvalue weighted by molar-refractivity contribution is 5.26. The summed E-state index contributed by atoms with van der Waals surface area (Å²) in [5.74, 6) is 0. The molecule has 0 aromatic heterocycles. The molecule has 1 aromatic carbocycles. The Bertz CT molecular complexity index is 388. The molecule has 1 aliphatic heterocycles. The maximum Gasteiger partial charge on any atom is 0.0583 e. The second-order valence-electron chi connectivity index (χ2n) is 5.46. The summed E-state index contributed by atoms with van der Waals surface area (Å²) in [5, 5.41) is 3.41. The predicted octanol–water partition coefficient (Wildman–Crippen LogP) is 2.23. The highest BCUT2D eigenvalue weighted by Crippen LogP contribution is 2.22. The molecule has 2 atom stereocenters. The summed E-state index contributed by atoms with van der Waals surface area (Å²) in [6, 6.07) is 9.45. The molecule has 0 bridgehead atoms. The quantitative estimate of drug-likeness (QED) is 0.880. The van der Waals surface area contributed by atoms with Crippen molar-refractivity contribution in [2.45, 2.75) is 32.4 Å². The van der Waals surface area contributed by atoms with Gasteiger partial charge in [0.25, 0.3) is 0 Å². The van der Waals surface area contributed by atoms with Crippen LogP contribution in [0.1, 0.15) is 31.0 Å². The van der Waals surface area contributed by atoms with E-state index in [1.807, 2.05) is 0 Å². The number of nitrogens with one attached hydrogen (secondary N) is 1. The van der Waals surface area contributed by atoms with E-state index in [1.54, 1.807) is 7.11 Å². The smallest absolute Gasteiger partial charge is 0.0583 e. The van der Waals surface area contributed by atoms with Crippen molar-refractivity contribution in [1.29, 1.82) is 0 Å². The molecule has 3 nitrogen and oxygen atoms in total. The fraction of sp³-hybridized carbons (Fsp3) is 0.625. The highest BCUT2D eigenvalue weighted by Gasteiger charge is 2.18. The van der Waals surface area contributed by atoms with Gasteiger partial charge in [0.15, 0.2) is 0 Å². The molecule has 0 amide bonds. The molecule has 2 rings (SSSR count). The van der Waals surface area contributed by atoms with Gasteiger partial charge in [-0.2, -0.15) is 0 Å². The van der Waals surface area contributed by atoms with Crippen LogP contribution < -0.4 is 5.32 Å². The second kappa shape index (κ2) is 7.04. The van der Waals surface area contributed by atoms with Crippen molar-refractivity contribution in [1.82, 2.24) is 10.2 Å². The number of ether oxygens (including phenoxy) is 1. The lowest BCUT2D eigenvalue weighted by atomic mass is 10.0. The number of hydrogen-bond donors (Lipinski definition) is 1. The molecule has 1 aromatic rings. The summed E-state index contributed by atoms with van der Waals surface area (Å²) in [7, 11) is 1.78. The number of piperazine rings is 1. The average Bonchev–Trinajstić information content (AvgIpc) is 2.47. The van der Waals surface area contributed by atoms with Gasteiger partial charge in [0.1, 0.15) is 0 Å². The van der Waals surface area contributed by atoms with Gasteiger partial charge in [-0.05, 0) is 31.4 Å². The van der Waals surface area contributed by atoms with E-state index in [0.29, 0.717) is 6.04 Å². The molecule has 3 heteroatoms. The van der Waals surface area contributed by atoms with Gasteiger partial charge in [-0.15, -0.1) is 0 Å². The molecule has 0 saturated carbocycles. The predicted molar refractivity (Wildman–Crippen MR) is 79.5 cm³/mol. The van der Waals surface area contributed by atoms with Crippen LogP contribution in [0.3, 0.4) is 0 Å². The van der Waals surface area contributed by atoms with Crippen molar-refractivity contribution in [2.75, 3.05) is 33.3 Å². The van der Waals surface area contributed by atoms with E-state index >= 15 is 0 Å². The van der Waals surface area contributed by atoms with Crippen LogP contribution in [-0.2, 0) is 11.2 Å². The first kappa shape index (κ1) is 14.5. The molecule has 1 heterocycles. The zero-order valence-corrected chi connectivity index (χ0v) is 12.4. The maximum atomic E-state index is 5.35. The Morgan fingerprint density at radius 2 is 2.00 bits per heavy atom. The fourth-order valence-corrected chi connectivity index (χ4v) is 2.68. The first-order valence-electron chi connectivity index (χ1n) is 7.27. The second-order valence-corrected chi connectivity index (χ2v) is 5.46. The van der Waals surface area contributed by atoms with Gasteiger partial charge in [0, 0.05) is 39.3 Å². The number of rotatable bonds is 5. The molecule has 0 radical (unpaired) electrons. The minimum atomic E-state index is 0.282. The van der Waals surface area contributed by atoms with Crippen LogP contribution in [0.4, 0.5) is 0 Å². The summed E-state index contributed by atoms with van der Waals surface area (Å²) >= 11 is 0. The van der Waals surface area contributed by atoms with E-state index in [2.05, 4.69) is 48.3 Å². The first-order valence-corrected chi connectivity index (χ1v) is 7.27.